The highest BCUT2D eigenvalue weighted by Crippen LogP contribution is 2.23. The van der Waals surface area contributed by atoms with Gasteiger partial charge in [-0.2, -0.15) is 5.10 Å². The maximum Gasteiger partial charge on any atom is 0.121 e. The van der Waals surface area contributed by atoms with Gasteiger partial charge >= 0.3 is 0 Å². The van der Waals surface area contributed by atoms with Crippen LogP contribution in [0.2, 0.25) is 0 Å². The Morgan fingerprint density at radius 3 is 2.79 bits per heavy atom. The summed E-state index contributed by atoms with van der Waals surface area (Å²) in [6.07, 6.45) is 5.79. The van der Waals surface area contributed by atoms with Crippen molar-refractivity contribution in [2.45, 2.75) is 25.8 Å². The number of aryl methyl sites for hydroxylation is 3. The third-order valence-corrected chi connectivity index (χ3v) is 3.35. The number of benzene rings is 1. The maximum atomic E-state index is 6.24. The molecule has 2 N–H and O–H groups in total. The van der Waals surface area contributed by atoms with E-state index in [0.29, 0.717) is 0 Å². The monoisotopic (exact) mass is 259 g/mol. The van der Waals surface area contributed by atoms with E-state index >= 15 is 0 Å². The summed E-state index contributed by atoms with van der Waals surface area (Å²) in [5.41, 5.74) is 9.74. The summed E-state index contributed by atoms with van der Waals surface area (Å²) in [5, 5.41) is 4.16. The molecule has 1 unspecified atom stereocenters. The number of rotatable bonds is 5. The van der Waals surface area contributed by atoms with Crippen LogP contribution in [-0.4, -0.2) is 16.9 Å². The minimum atomic E-state index is 0.0461. The second kappa shape index (κ2) is 5.89. The van der Waals surface area contributed by atoms with Crippen LogP contribution in [0.1, 0.15) is 29.2 Å². The number of nitrogens with zero attached hydrogens (tertiary/aromatic N) is 2. The highest BCUT2D eigenvalue weighted by atomic mass is 16.5. The lowest BCUT2D eigenvalue weighted by Crippen LogP contribution is -2.11. The molecule has 0 aliphatic heterocycles. The van der Waals surface area contributed by atoms with Crippen molar-refractivity contribution >= 4 is 0 Å². The molecule has 0 saturated carbocycles. The molecule has 0 aliphatic carbocycles. The van der Waals surface area contributed by atoms with Crippen LogP contribution in [0, 0.1) is 6.92 Å². The van der Waals surface area contributed by atoms with Crippen LogP contribution in [0.3, 0.4) is 0 Å². The molecule has 1 aromatic carbocycles. The maximum absolute atomic E-state index is 6.24. The number of methoxy groups -OCH3 is 1. The van der Waals surface area contributed by atoms with Crippen LogP contribution in [0.5, 0.6) is 5.75 Å². The summed E-state index contributed by atoms with van der Waals surface area (Å²) in [6, 6.07) is 6.17. The Hall–Kier alpha value is -1.81. The van der Waals surface area contributed by atoms with Crippen LogP contribution in [0.4, 0.5) is 0 Å². The van der Waals surface area contributed by atoms with E-state index in [0.717, 1.165) is 29.7 Å². The minimum absolute atomic E-state index is 0.0461. The Morgan fingerprint density at radius 1 is 1.42 bits per heavy atom. The van der Waals surface area contributed by atoms with Crippen LogP contribution >= 0.6 is 0 Å². The Bertz CT molecular complexity index is 548. The largest absolute Gasteiger partial charge is 0.496 e. The van der Waals surface area contributed by atoms with E-state index < -0.39 is 0 Å². The molecule has 19 heavy (non-hydrogen) atoms. The van der Waals surface area contributed by atoms with Gasteiger partial charge in [0.25, 0.3) is 0 Å². The first-order valence-corrected chi connectivity index (χ1v) is 6.48. The Labute approximate surface area is 114 Å². The van der Waals surface area contributed by atoms with Crippen LogP contribution < -0.4 is 10.5 Å². The van der Waals surface area contributed by atoms with E-state index in [-0.39, 0.29) is 6.04 Å². The van der Waals surface area contributed by atoms with Gasteiger partial charge in [0.05, 0.1) is 13.3 Å². The second-order valence-corrected chi connectivity index (χ2v) is 4.90. The van der Waals surface area contributed by atoms with Gasteiger partial charge in [-0.3, -0.25) is 4.68 Å². The summed E-state index contributed by atoms with van der Waals surface area (Å²) in [4.78, 5) is 0. The summed E-state index contributed by atoms with van der Waals surface area (Å²) in [5.74, 6) is 0.906. The predicted octanol–water partition coefficient (Wildman–Crippen LogP) is 2.37. The molecular formula is C15H21N3O. The van der Waals surface area contributed by atoms with Crippen molar-refractivity contribution in [1.29, 1.82) is 0 Å². The van der Waals surface area contributed by atoms with Gasteiger partial charge in [0, 0.05) is 19.3 Å². The number of aromatic nitrogens is 2. The Kier molecular flexibility index (Phi) is 4.22. The van der Waals surface area contributed by atoms with Crippen LogP contribution in [-0.2, 0) is 13.5 Å². The predicted molar refractivity (Wildman–Crippen MR) is 76.2 cm³/mol. The van der Waals surface area contributed by atoms with Crippen molar-refractivity contribution in [1.82, 2.24) is 9.78 Å². The van der Waals surface area contributed by atoms with E-state index in [4.69, 9.17) is 10.5 Å². The third-order valence-electron chi connectivity index (χ3n) is 3.35. The molecule has 0 radical (unpaired) electrons. The lowest BCUT2D eigenvalue weighted by atomic mass is 9.99. The second-order valence-electron chi connectivity index (χ2n) is 4.90. The van der Waals surface area contributed by atoms with E-state index in [1.807, 2.05) is 43.2 Å². The SMILES string of the molecule is COc1ccc(C(N)CCc2cnn(C)c2)cc1C. The standard InChI is InChI=1S/C15H21N3O/c1-11-8-13(5-7-15(11)19-3)14(16)6-4-12-9-17-18(2)10-12/h5,7-10,14H,4,6,16H2,1-3H3. The van der Waals surface area contributed by atoms with E-state index in [9.17, 15) is 0 Å². The molecule has 4 nitrogen and oxygen atoms in total. The molecule has 0 bridgehead atoms. The summed E-state index contributed by atoms with van der Waals surface area (Å²) in [6.45, 7) is 2.04. The molecule has 1 heterocycles. The molecule has 0 saturated heterocycles. The fourth-order valence-corrected chi connectivity index (χ4v) is 2.22. The number of nitrogens with two attached hydrogens (primary N) is 1. The van der Waals surface area contributed by atoms with Gasteiger partial charge in [-0.05, 0) is 42.5 Å². The van der Waals surface area contributed by atoms with Crippen molar-refractivity contribution in [2.24, 2.45) is 12.8 Å². The molecule has 1 atom stereocenters. The van der Waals surface area contributed by atoms with Gasteiger partial charge in [0.2, 0.25) is 0 Å². The molecule has 0 fully saturated rings. The minimum Gasteiger partial charge on any atom is -0.496 e. The topological polar surface area (TPSA) is 53.1 Å². The zero-order chi connectivity index (χ0) is 13.8. The number of hydrogen-bond acceptors (Lipinski definition) is 3. The highest BCUT2D eigenvalue weighted by molar-refractivity contribution is 5.37. The zero-order valence-electron chi connectivity index (χ0n) is 11.8. The van der Waals surface area contributed by atoms with Gasteiger partial charge in [0.1, 0.15) is 5.75 Å². The third kappa shape index (κ3) is 3.35. The fraction of sp³-hybridized carbons (Fsp3) is 0.400. The van der Waals surface area contributed by atoms with Crippen molar-refractivity contribution in [3.8, 4) is 5.75 Å². The summed E-state index contributed by atoms with van der Waals surface area (Å²) >= 11 is 0. The first kappa shape index (κ1) is 13.6. The lowest BCUT2D eigenvalue weighted by Gasteiger charge is -2.13. The average Bonchev–Trinajstić information content (AvgIpc) is 2.81. The van der Waals surface area contributed by atoms with Gasteiger partial charge in [-0.15, -0.1) is 0 Å². The number of ether oxygens (including phenoxy) is 1. The van der Waals surface area contributed by atoms with Gasteiger partial charge < -0.3 is 10.5 Å². The molecular weight excluding hydrogens is 238 g/mol. The lowest BCUT2D eigenvalue weighted by molar-refractivity contribution is 0.411. The van der Waals surface area contributed by atoms with Gasteiger partial charge in [0.15, 0.2) is 0 Å². The average molecular weight is 259 g/mol. The van der Waals surface area contributed by atoms with Crippen LogP contribution in [0.15, 0.2) is 30.6 Å². The summed E-state index contributed by atoms with van der Waals surface area (Å²) in [7, 11) is 3.61. The zero-order valence-corrected chi connectivity index (χ0v) is 11.8. The molecule has 0 amide bonds. The Morgan fingerprint density at radius 2 is 2.21 bits per heavy atom. The first-order valence-electron chi connectivity index (χ1n) is 6.48. The van der Waals surface area contributed by atoms with E-state index in [1.54, 1.807) is 7.11 Å². The molecule has 0 aliphatic rings. The molecule has 2 rings (SSSR count). The molecule has 2 aromatic rings. The normalized spacial score (nSPS) is 12.4. The fourth-order valence-electron chi connectivity index (χ4n) is 2.22. The smallest absolute Gasteiger partial charge is 0.121 e. The first-order chi connectivity index (χ1) is 9.10. The van der Waals surface area contributed by atoms with Crippen LogP contribution in [0.25, 0.3) is 0 Å². The number of hydrogen-bond donors (Lipinski definition) is 1. The highest BCUT2D eigenvalue weighted by Gasteiger charge is 2.09. The molecule has 4 heteroatoms. The van der Waals surface area contributed by atoms with Crippen molar-refractivity contribution in [2.75, 3.05) is 7.11 Å². The molecule has 102 valence electrons. The quantitative estimate of drug-likeness (QED) is 0.897. The molecule has 1 aromatic heterocycles. The van der Waals surface area contributed by atoms with E-state index in [2.05, 4.69) is 11.2 Å². The van der Waals surface area contributed by atoms with Crippen molar-refractivity contribution in [3.63, 3.8) is 0 Å². The van der Waals surface area contributed by atoms with Crippen molar-refractivity contribution in [3.05, 3.63) is 47.3 Å². The summed E-state index contributed by atoms with van der Waals surface area (Å²) < 4.78 is 7.08. The van der Waals surface area contributed by atoms with E-state index in [1.165, 1.54) is 5.56 Å². The Balaban J connectivity index is 1.99. The van der Waals surface area contributed by atoms with Gasteiger partial charge in [-0.25, -0.2) is 0 Å². The van der Waals surface area contributed by atoms with Gasteiger partial charge in [-0.1, -0.05) is 12.1 Å². The molecule has 0 spiro atoms. The van der Waals surface area contributed by atoms with Crippen molar-refractivity contribution < 1.29 is 4.74 Å².